The van der Waals surface area contributed by atoms with Gasteiger partial charge in [0.2, 0.25) is 5.91 Å². The maximum absolute atomic E-state index is 12.3. The quantitative estimate of drug-likeness (QED) is 0.668. The lowest BCUT2D eigenvalue weighted by Gasteiger charge is -2.16. The predicted molar refractivity (Wildman–Crippen MR) is 113 cm³/mol. The Labute approximate surface area is 169 Å². The number of benzene rings is 1. The van der Waals surface area contributed by atoms with Crippen LogP contribution in [0.4, 0.5) is 5.82 Å². The lowest BCUT2D eigenvalue weighted by molar-refractivity contribution is -0.120. The maximum atomic E-state index is 12.3. The summed E-state index contributed by atoms with van der Waals surface area (Å²) in [6.07, 6.45) is 5.45. The summed E-state index contributed by atoms with van der Waals surface area (Å²) >= 11 is 1.61. The van der Waals surface area contributed by atoms with Crippen LogP contribution < -0.4 is 10.2 Å². The summed E-state index contributed by atoms with van der Waals surface area (Å²) in [5.74, 6) is 1.01. The number of carbonyl (C=O) groups excluding carboxylic acids is 1. The number of nitrogens with one attached hydrogen (secondary N) is 1. The van der Waals surface area contributed by atoms with Crippen LogP contribution in [0.25, 0.3) is 0 Å². The van der Waals surface area contributed by atoms with Crippen LogP contribution in [0.3, 0.4) is 0 Å². The molecule has 1 aliphatic heterocycles. The third kappa shape index (κ3) is 4.95. The topological polar surface area (TPSA) is 58.1 Å². The van der Waals surface area contributed by atoms with Crippen molar-refractivity contribution in [2.45, 2.75) is 32.2 Å². The van der Waals surface area contributed by atoms with Gasteiger partial charge in [-0.1, -0.05) is 36.4 Å². The molecule has 2 aromatic heterocycles. The van der Waals surface area contributed by atoms with Crippen molar-refractivity contribution in [3.8, 4) is 0 Å². The van der Waals surface area contributed by atoms with Gasteiger partial charge in [-0.3, -0.25) is 4.79 Å². The van der Waals surface area contributed by atoms with E-state index in [1.165, 1.54) is 18.4 Å². The number of pyridine rings is 1. The first-order valence-electron chi connectivity index (χ1n) is 9.70. The van der Waals surface area contributed by atoms with Gasteiger partial charge in [0.15, 0.2) is 0 Å². The third-order valence-corrected chi connectivity index (χ3v) is 5.77. The Hall–Kier alpha value is -2.73. The summed E-state index contributed by atoms with van der Waals surface area (Å²) in [5.41, 5.74) is 3.08. The van der Waals surface area contributed by atoms with Gasteiger partial charge in [0.05, 0.1) is 17.1 Å². The van der Waals surface area contributed by atoms with Crippen molar-refractivity contribution in [2.75, 3.05) is 18.0 Å². The van der Waals surface area contributed by atoms with Crippen LogP contribution in [-0.4, -0.2) is 29.0 Å². The molecule has 4 rings (SSSR count). The van der Waals surface area contributed by atoms with Crippen molar-refractivity contribution < 1.29 is 4.79 Å². The standard InChI is InChI=1S/C22H24N4OS/c27-21(13-19-16-28-22(25-19)12-17-6-2-1-3-7-17)24-15-18-8-9-20(23-14-18)26-10-4-5-11-26/h1-3,6-9,14,16H,4-5,10-13,15H2,(H,24,27). The number of amides is 1. The maximum Gasteiger partial charge on any atom is 0.226 e. The Bertz CT molecular complexity index is 902. The number of nitrogens with zero attached hydrogens (tertiary/aromatic N) is 3. The van der Waals surface area contributed by atoms with E-state index in [0.29, 0.717) is 13.0 Å². The molecule has 0 unspecified atom stereocenters. The van der Waals surface area contributed by atoms with Crippen LogP contribution >= 0.6 is 11.3 Å². The van der Waals surface area contributed by atoms with Crippen LogP contribution in [0.15, 0.2) is 54.0 Å². The fourth-order valence-electron chi connectivity index (χ4n) is 3.36. The molecule has 0 aliphatic carbocycles. The number of anilines is 1. The number of rotatable bonds is 7. The Kier molecular flexibility index (Phi) is 5.97. The first-order chi connectivity index (χ1) is 13.8. The van der Waals surface area contributed by atoms with E-state index in [2.05, 4.69) is 32.3 Å². The molecular formula is C22H24N4OS. The van der Waals surface area contributed by atoms with Gasteiger partial charge >= 0.3 is 0 Å². The molecule has 1 saturated heterocycles. The molecule has 3 aromatic rings. The number of hydrogen-bond donors (Lipinski definition) is 1. The molecule has 5 nitrogen and oxygen atoms in total. The molecule has 1 fully saturated rings. The molecule has 0 spiro atoms. The minimum atomic E-state index is -0.0137. The fraction of sp³-hybridized carbons (Fsp3) is 0.318. The lowest BCUT2D eigenvalue weighted by atomic mass is 10.2. The number of thiazole rings is 1. The summed E-state index contributed by atoms with van der Waals surface area (Å²) in [7, 11) is 0. The molecular weight excluding hydrogens is 368 g/mol. The molecule has 3 heterocycles. The summed E-state index contributed by atoms with van der Waals surface area (Å²) in [6, 6.07) is 14.3. The molecule has 0 saturated carbocycles. The monoisotopic (exact) mass is 392 g/mol. The lowest BCUT2D eigenvalue weighted by Crippen LogP contribution is -2.25. The van der Waals surface area contributed by atoms with Crippen molar-refractivity contribution in [2.24, 2.45) is 0 Å². The average Bonchev–Trinajstić information content (AvgIpc) is 3.40. The van der Waals surface area contributed by atoms with E-state index in [1.54, 1.807) is 11.3 Å². The summed E-state index contributed by atoms with van der Waals surface area (Å²) < 4.78 is 0. The molecule has 1 N–H and O–H groups in total. The summed E-state index contributed by atoms with van der Waals surface area (Å²) in [4.78, 5) is 23.7. The molecule has 1 aromatic carbocycles. The van der Waals surface area contributed by atoms with E-state index < -0.39 is 0 Å². The highest BCUT2D eigenvalue weighted by atomic mass is 32.1. The van der Waals surface area contributed by atoms with Crippen LogP contribution in [0.2, 0.25) is 0 Å². The fourth-order valence-corrected chi connectivity index (χ4v) is 4.19. The molecule has 0 radical (unpaired) electrons. The first kappa shape index (κ1) is 18.6. The second-order valence-electron chi connectivity index (χ2n) is 7.07. The van der Waals surface area contributed by atoms with Gasteiger partial charge in [0, 0.05) is 37.6 Å². The zero-order valence-corrected chi connectivity index (χ0v) is 16.6. The summed E-state index contributed by atoms with van der Waals surface area (Å²) in [5, 5.41) is 5.98. The normalized spacial score (nSPS) is 13.6. The Balaban J connectivity index is 1.25. The van der Waals surface area contributed by atoms with Gasteiger partial charge in [-0.15, -0.1) is 11.3 Å². The van der Waals surface area contributed by atoms with Crippen LogP contribution in [0, 0.1) is 0 Å². The Morgan fingerprint density at radius 2 is 1.89 bits per heavy atom. The van der Waals surface area contributed by atoms with E-state index >= 15 is 0 Å². The molecule has 1 amide bonds. The molecule has 6 heteroatoms. The highest BCUT2D eigenvalue weighted by Crippen LogP contribution is 2.18. The molecule has 1 aliphatic rings. The van der Waals surface area contributed by atoms with Crippen molar-refractivity contribution in [1.82, 2.24) is 15.3 Å². The number of hydrogen-bond acceptors (Lipinski definition) is 5. The van der Waals surface area contributed by atoms with E-state index in [0.717, 1.165) is 41.6 Å². The molecule has 28 heavy (non-hydrogen) atoms. The van der Waals surface area contributed by atoms with Crippen molar-refractivity contribution >= 4 is 23.1 Å². The highest BCUT2D eigenvalue weighted by Gasteiger charge is 2.13. The van der Waals surface area contributed by atoms with E-state index in [1.807, 2.05) is 41.9 Å². The van der Waals surface area contributed by atoms with Crippen LogP contribution in [0.5, 0.6) is 0 Å². The minimum absolute atomic E-state index is 0.0137. The van der Waals surface area contributed by atoms with Crippen molar-refractivity contribution in [3.05, 3.63) is 75.9 Å². The Morgan fingerprint density at radius 1 is 1.07 bits per heavy atom. The molecule has 0 atom stereocenters. The van der Waals surface area contributed by atoms with Crippen molar-refractivity contribution in [1.29, 1.82) is 0 Å². The highest BCUT2D eigenvalue weighted by molar-refractivity contribution is 7.09. The SMILES string of the molecule is O=C(Cc1csc(Cc2ccccc2)n1)NCc1ccc(N2CCCC2)nc1. The van der Waals surface area contributed by atoms with Gasteiger partial charge in [0.25, 0.3) is 0 Å². The summed E-state index contributed by atoms with van der Waals surface area (Å²) in [6.45, 7) is 2.67. The third-order valence-electron chi connectivity index (χ3n) is 4.87. The Morgan fingerprint density at radius 3 is 2.64 bits per heavy atom. The van der Waals surface area contributed by atoms with Gasteiger partial charge < -0.3 is 10.2 Å². The average molecular weight is 393 g/mol. The van der Waals surface area contributed by atoms with E-state index in [4.69, 9.17) is 0 Å². The second-order valence-corrected chi connectivity index (χ2v) is 8.01. The first-order valence-corrected chi connectivity index (χ1v) is 10.6. The van der Waals surface area contributed by atoms with Gasteiger partial charge in [0.1, 0.15) is 5.82 Å². The smallest absolute Gasteiger partial charge is 0.226 e. The van der Waals surface area contributed by atoms with Crippen LogP contribution in [0.1, 0.15) is 34.7 Å². The largest absolute Gasteiger partial charge is 0.357 e. The van der Waals surface area contributed by atoms with Crippen LogP contribution in [-0.2, 0) is 24.2 Å². The second kappa shape index (κ2) is 8.97. The molecule has 0 bridgehead atoms. The zero-order valence-electron chi connectivity index (χ0n) is 15.8. The minimum Gasteiger partial charge on any atom is -0.357 e. The van der Waals surface area contributed by atoms with Gasteiger partial charge in [-0.25, -0.2) is 9.97 Å². The number of carbonyl (C=O) groups is 1. The van der Waals surface area contributed by atoms with E-state index in [-0.39, 0.29) is 5.91 Å². The van der Waals surface area contributed by atoms with E-state index in [9.17, 15) is 4.79 Å². The molecule has 144 valence electrons. The predicted octanol–water partition coefficient (Wildman–Crippen LogP) is 3.59. The van der Waals surface area contributed by atoms with Gasteiger partial charge in [-0.05, 0) is 30.0 Å². The number of aromatic nitrogens is 2. The van der Waals surface area contributed by atoms with Crippen molar-refractivity contribution in [3.63, 3.8) is 0 Å². The van der Waals surface area contributed by atoms with Gasteiger partial charge in [-0.2, -0.15) is 0 Å². The zero-order chi connectivity index (χ0) is 19.2.